The fraction of sp³-hybridized carbons (Fsp3) is 0.500. The summed E-state index contributed by atoms with van der Waals surface area (Å²) >= 11 is 0. The highest BCUT2D eigenvalue weighted by Gasteiger charge is 2.34. The summed E-state index contributed by atoms with van der Waals surface area (Å²) in [5.74, 6) is -2.08. The molecule has 1 aromatic rings. The van der Waals surface area contributed by atoms with E-state index in [1.165, 1.54) is 19.2 Å². The molecule has 1 aromatic carbocycles. The van der Waals surface area contributed by atoms with Crippen molar-refractivity contribution < 1.29 is 23.8 Å². The second-order valence-electron chi connectivity index (χ2n) is 5.66. The molecular formula is C16H20FNO4. The Balaban J connectivity index is 2.05. The van der Waals surface area contributed by atoms with Gasteiger partial charge in [0.2, 0.25) is 5.91 Å². The highest BCUT2D eigenvalue weighted by atomic mass is 19.1. The van der Waals surface area contributed by atoms with Crippen LogP contribution in [0.1, 0.15) is 25.3 Å². The van der Waals surface area contributed by atoms with E-state index in [2.05, 4.69) is 0 Å². The van der Waals surface area contributed by atoms with Gasteiger partial charge in [0.1, 0.15) is 0 Å². The van der Waals surface area contributed by atoms with Crippen molar-refractivity contribution in [2.24, 2.45) is 5.92 Å². The van der Waals surface area contributed by atoms with Gasteiger partial charge in [0.25, 0.3) is 0 Å². The Labute approximate surface area is 128 Å². The van der Waals surface area contributed by atoms with Crippen LogP contribution < -0.4 is 4.74 Å². The van der Waals surface area contributed by atoms with Gasteiger partial charge in [-0.25, -0.2) is 4.39 Å². The first-order valence-electron chi connectivity index (χ1n) is 7.27. The average molecular weight is 309 g/mol. The Morgan fingerprint density at radius 3 is 2.64 bits per heavy atom. The number of carboxylic acid groups (broad SMARTS) is 1. The van der Waals surface area contributed by atoms with E-state index in [4.69, 9.17) is 9.84 Å². The molecule has 5 nitrogen and oxygen atoms in total. The summed E-state index contributed by atoms with van der Waals surface area (Å²) in [6, 6.07) is 4.53. The third kappa shape index (κ3) is 3.96. The highest BCUT2D eigenvalue weighted by molar-refractivity contribution is 5.80. The number of nitrogens with zero attached hydrogens (tertiary/aromatic N) is 1. The largest absolute Gasteiger partial charge is 0.494 e. The van der Waals surface area contributed by atoms with Crippen LogP contribution in [0.4, 0.5) is 4.39 Å². The maximum atomic E-state index is 13.7. The number of carbonyl (C=O) groups excluding carboxylic acids is 1. The van der Waals surface area contributed by atoms with E-state index < -0.39 is 17.7 Å². The molecule has 1 N–H and O–H groups in total. The molecular weight excluding hydrogens is 289 g/mol. The fourth-order valence-corrected chi connectivity index (χ4v) is 2.31. The van der Waals surface area contributed by atoms with Crippen molar-refractivity contribution in [1.29, 1.82) is 0 Å². The van der Waals surface area contributed by atoms with Crippen molar-refractivity contribution in [1.82, 2.24) is 4.90 Å². The SMILES string of the molecule is COc1ccc(CC(=O)N(CC(C)C(=O)O)C2CC2)cc1F. The predicted molar refractivity (Wildman–Crippen MR) is 78.2 cm³/mol. The van der Waals surface area contributed by atoms with Gasteiger partial charge in [0.05, 0.1) is 19.4 Å². The van der Waals surface area contributed by atoms with Gasteiger partial charge < -0.3 is 14.7 Å². The Morgan fingerprint density at radius 2 is 2.14 bits per heavy atom. The van der Waals surface area contributed by atoms with Crippen LogP contribution in [0.15, 0.2) is 18.2 Å². The van der Waals surface area contributed by atoms with Crippen molar-refractivity contribution in [3.8, 4) is 5.75 Å². The first kappa shape index (κ1) is 16.3. The van der Waals surface area contributed by atoms with Gasteiger partial charge in [0, 0.05) is 12.6 Å². The van der Waals surface area contributed by atoms with E-state index in [1.807, 2.05) is 0 Å². The first-order valence-corrected chi connectivity index (χ1v) is 7.27. The number of hydrogen-bond donors (Lipinski definition) is 1. The molecule has 0 spiro atoms. The van der Waals surface area contributed by atoms with Crippen LogP contribution in [0.2, 0.25) is 0 Å². The van der Waals surface area contributed by atoms with Crippen molar-refractivity contribution in [2.75, 3.05) is 13.7 Å². The molecule has 0 heterocycles. The number of halogens is 1. The van der Waals surface area contributed by atoms with Crippen LogP contribution in [0.5, 0.6) is 5.75 Å². The summed E-state index contributed by atoms with van der Waals surface area (Å²) in [7, 11) is 1.38. The molecule has 1 fully saturated rings. The van der Waals surface area contributed by atoms with Crippen LogP contribution in [0, 0.1) is 11.7 Å². The molecule has 1 unspecified atom stereocenters. The lowest BCUT2D eigenvalue weighted by molar-refractivity contribution is -0.143. The number of amides is 1. The van der Waals surface area contributed by atoms with Crippen LogP contribution in [-0.4, -0.2) is 41.6 Å². The average Bonchev–Trinajstić information content (AvgIpc) is 3.28. The van der Waals surface area contributed by atoms with E-state index in [9.17, 15) is 14.0 Å². The normalized spacial score (nSPS) is 15.2. The van der Waals surface area contributed by atoms with E-state index in [0.717, 1.165) is 12.8 Å². The van der Waals surface area contributed by atoms with Gasteiger partial charge in [-0.15, -0.1) is 0 Å². The van der Waals surface area contributed by atoms with Crippen LogP contribution in [-0.2, 0) is 16.0 Å². The third-order valence-electron chi connectivity index (χ3n) is 3.77. The number of benzene rings is 1. The van der Waals surface area contributed by atoms with Gasteiger partial charge in [-0.1, -0.05) is 13.0 Å². The fourth-order valence-electron chi connectivity index (χ4n) is 2.31. The molecule has 1 aliphatic carbocycles. The molecule has 120 valence electrons. The standard InChI is InChI=1S/C16H20FNO4/c1-10(16(20)21)9-18(12-4-5-12)15(19)8-11-3-6-14(22-2)13(17)7-11/h3,6-7,10,12H,4-5,8-9H2,1-2H3,(H,20,21). The second kappa shape index (κ2) is 6.77. The third-order valence-corrected chi connectivity index (χ3v) is 3.77. The molecule has 1 aliphatic rings. The molecule has 0 bridgehead atoms. The predicted octanol–water partition coefficient (Wildman–Crippen LogP) is 2.09. The van der Waals surface area contributed by atoms with Gasteiger partial charge >= 0.3 is 5.97 Å². The molecule has 22 heavy (non-hydrogen) atoms. The zero-order valence-corrected chi connectivity index (χ0v) is 12.7. The summed E-state index contributed by atoms with van der Waals surface area (Å²) in [6.07, 6.45) is 1.86. The zero-order valence-electron chi connectivity index (χ0n) is 12.7. The molecule has 0 aromatic heterocycles. The zero-order chi connectivity index (χ0) is 16.3. The summed E-state index contributed by atoms with van der Waals surface area (Å²) in [4.78, 5) is 25.0. The lowest BCUT2D eigenvalue weighted by Crippen LogP contribution is -2.39. The van der Waals surface area contributed by atoms with Gasteiger partial charge in [0.15, 0.2) is 11.6 Å². The highest BCUT2D eigenvalue weighted by Crippen LogP contribution is 2.28. The smallest absolute Gasteiger partial charge is 0.308 e. The van der Waals surface area contributed by atoms with Crippen molar-refractivity contribution in [2.45, 2.75) is 32.2 Å². The minimum atomic E-state index is -0.922. The lowest BCUT2D eigenvalue weighted by atomic mass is 10.1. The maximum Gasteiger partial charge on any atom is 0.308 e. The summed E-state index contributed by atoms with van der Waals surface area (Å²) in [6.45, 7) is 1.77. The number of hydrogen-bond acceptors (Lipinski definition) is 3. The Hall–Kier alpha value is -2.11. The van der Waals surface area contributed by atoms with E-state index >= 15 is 0 Å². The summed E-state index contributed by atoms with van der Waals surface area (Å²) < 4.78 is 18.5. The summed E-state index contributed by atoms with van der Waals surface area (Å²) in [5.41, 5.74) is 0.553. The molecule has 0 aliphatic heterocycles. The van der Waals surface area contributed by atoms with Crippen molar-refractivity contribution in [3.63, 3.8) is 0 Å². The van der Waals surface area contributed by atoms with Crippen LogP contribution in [0.3, 0.4) is 0 Å². The molecule has 2 rings (SSSR count). The van der Waals surface area contributed by atoms with Crippen molar-refractivity contribution in [3.05, 3.63) is 29.6 Å². The molecule has 1 amide bonds. The molecule has 0 radical (unpaired) electrons. The Bertz CT molecular complexity index is 571. The molecule has 1 atom stereocenters. The van der Waals surface area contributed by atoms with E-state index in [-0.39, 0.29) is 30.7 Å². The lowest BCUT2D eigenvalue weighted by Gasteiger charge is -2.24. The second-order valence-corrected chi connectivity index (χ2v) is 5.66. The monoisotopic (exact) mass is 309 g/mol. The van der Waals surface area contributed by atoms with Gasteiger partial charge in [-0.3, -0.25) is 9.59 Å². The minimum Gasteiger partial charge on any atom is -0.494 e. The number of carboxylic acids is 1. The van der Waals surface area contributed by atoms with Gasteiger partial charge in [-0.2, -0.15) is 0 Å². The number of ether oxygens (including phenoxy) is 1. The number of rotatable bonds is 7. The molecule has 6 heteroatoms. The summed E-state index contributed by atoms with van der Waals surface area (Å²) in [5, 5.41) is 9.00. The Kier molecular flexibility index (Phi) is 5.00. The molecule has 1 saturated carbocycles. The number of aliphatic carboxylic acids is 1. The van der Waals surface area contributed by atoms with Crippen molar-refractivity contribution >= 4 is 11.9 Å². The minimum absolute atomic E-state index is 0.0593. The van der Waals surface area contributed by atoms with E-state index in [1.54, 1.807) is 17.9 Å². The maximum absolute atomic E-state index is 13.7. The quantitative estimate of drug-likeness (QED) is 0.837. The number of methoxy groups -OCH3 is 1. The topological polar surface area (TPSA) is 66.8 Å². The number of carbonyl (C=O) groups is 2. The Morgan fingerprint density at radius 1 is 1.45 bits per heavy atom. The first-order chi connectivity index (χ1) is 10.4. The van der Waals surface area contributed by atoms with Crippen LogP contribution in [0.25, 0.3) is 0 Å². The molecule has 0 saturated heterocycles. The van der Waals surface area contributed by atoms with Gasteiger partial charge in [-0.05, 0) is 30.5 Å². The van der Waals surface area contributed by atoms with E-state index in [0.29, 0.717) is 5.56 Å². The van der Waals surface area contributed by atoms with Crippen LogP contribution >= 0.6 is 0 Å².